The summed E-state index contributed by atoms with van der Waals surface area (Å²) in [5.74, 6) is 0. The number of anilines is 1. The van der Waals surface area contributed by atoms with Crippen LogP contribution < -0.4 is 4.90 Å². The van der Waals surface area contributed by atoms with Crippen molar-refractivity contribution in [2.24, 2.45) is 0 Å². The minimum Gasteiger partial charge on any atom is -0.456 e. The summed E-state index contributed by atoms with van der Waals surface area (Å²) in [7, 11) is 0. The number of furan rings is 3. The third-order valence-electron chi connectivity index (χ3n) is 11.9. The van der Waals surface area contributed by atoms with E-state index in [1.54, 1.807) is 0 Å². The predicted octanol–water partition coefficient (Wildman–Crippen LogP) is 14.5. The van der Waals surface area contributed by atoms with Gasteiger partial charge in [-0.05, 0) is 89.7 Å². The van der Waals surface area contributed by atoms with Crippen molar-refractivity contribution in [1.29, 1.82) is 0 Å². The van der Waals surface area contributed by atoms with Crippen molar-refractivity contribution < 1.29 is 13.3 Å². The van der Waals surface area contributed by atoms with Gasteiger partial charge in [0.2, 0.25) is 0 Å². The van der Waals surface area contributed by atoms with Crippen molar-refractivity contribution in [2.45, 2.75) is 25.3 Å². The van der Waals surface area contributed by atoms with Gasteiger partial charge in [-0.3, -0.25) is 0 Å². The van der Waals surface area contributed by atoms with Gasteiger partial charge in [0.05, 0.1) is 6.04 Å². The van der Waals surface area contributed by atoms with Crippen molar-refractivity contribution in [3.8, 4) is 0 Å². The van der Waals surface area contributed by atoms with E-state index in [1.807, 2.05) is 12.1 Å². The number of para-hydroxylation sites is 3. The number of benzene rings is 7. The summed E-state index contributed by atoms with van der Waals surface area (Å²) in [5, 5.41) is 9.24. The first-order valence-corrected chi connectivity index (χ1v) is 19.5. The lowest BCUT2D eigenvalue weighted by molar-refractivity contribution is 0.667. The number of hydrogen-bond acceptors (Lipinski definition) is 4. The molecule has 266 valence electrons. The van der Waals surface area contributed by atoms with Crippen molar-refractivity contribution in [1.82, 2.24) is 0 Å². The molecule has 4 heteroatoms. The van der Waals surface area contributed by atoms with E-state index < -0.39 is 0 Å². The molecule has 56 heavy (non-hydrogen) atoms. The molecule has 12 rings (SSSR count). The topological polar surface area (TPSA) is 42.7 Å². The van der Waals surface area contributed by atoms with Gasteiger partial charge in [0.1, 0.15) is 33.5 Å². The molecule has 10 aromatic rings. The Morgan fingerprint density at radius 1 is 0.518 bits per heavy atom. The van der Waals surface area contributed by atoms with Gasteiger partial charge >= 0.3 is 0 Å². The second kappa shape index (κ2) is 12.2. The fourth-order valence-electron chi connectivity index (χ4n) is 9.27. The lowest BCUT2D eigenvalue weighted by Gasteiger charge is -2.37. The van der Waals surface area contributed by atoms with E-state index in [1.165, 1.54) is 38.6 Å². The van der Waals surface area contributed by atoms with Gasteiger partial charge in [0, 0.05) is 54.8 Å². The molecule has 3 heterocycles. The molecule has 0 saturated heterocycles. The van der Waals surface area contributed by atoms with Crippen molar-refractivity contribution in [3.05, 3.63) is 187 Å². The smallest absolute Gasteiger partial charge is 0.143 e. The van der Waals surface area contributed by atoms with E-state index >= 15 is 0 Å². The van der Waals surface area contributed by atoms with Gasteiger partial charge in [0.25, 0.3) is 0 Å². The van der Waals surface area contributed by atoms with Gasteiger partial charge < -0.3 is 18.2 Å². The van der Waals surface area contributed by atoms with Gasteiger partial charge in [-0.25, -0.2) is 0 Å². The van der Waals surface area contributed by atoms with Crippen LogP contribution in [0.1, 0.15) is 30.4 Å². The molecule has 0 radical (unpaired) electrons. The van der Waals surface area contributed by atoms with Gasteiger partial charge in [-0.1, -0.05) is 121 Å². The van der Waals surface area contributed by atoms with Crippen LogP contribution in [0.4, 0.5) is 5.69 Å². The fourth-order valence-corrected chi connectivity index (χ4v) is 9.27. The highest BCUT2D eigenvalue weighted by Crippen LogP contribution is 2.44. The zero-order valence-corrected chi connectivity index (χ0v) is 30.5. The van der Waals surface area contributed by atoms with Crippen molar-refractivity contribution in [2.75, 3.05) is 4.90 Å². The Bertz CT molecular complexity index is 3360. The first kappa shape index (κ1) is 31.3. The standard InChI is InChI=1S/C52H35NO3/c1-2-12-34-30-50-43(29-33(34)11-1)41-18-9-17-40(52(41)56-50)38-13-3-6-19-45(38)53(36-27-28-48-44(31-36)39-14-4-7-20-46(39)54-48)35-25-23-32(24-26-35)37-16-10-22-49-51(37)42-15-5-8-21-47(42)55-49/h1-5,7-18,20-25,27-31,35H,6,19,26H2. The van der Waals surface area contributed by atoms with E-state index in [0.717, 1.165) is 90.9 Å². The predicted molar refractivity (Wildman–Crippen MR) is 232 cm³/mol. The van der Waals surface area contributed by atoms with E-state index in [-0.39, 0.29) is 6.04 Å². The maximum Gasteiger partial charge on any atom is 0.143 e. The minimum atomic E-state index is 0.0753. The third-order valence-corrected chi connectivity index (χ3v) is 11.9. The summed E-state index contributed by atoms with van der Waals surface area (Å²) in [6.45, 7) is 0. The molecule has 1 unspecified atom stereocenters. The van der Waals surface area contributed by atoms with Crippen LogP contribution in [0.3, 0.4) is 0 Å². The molecule has 7 aromatic carbocycles. The average Bonchev–Trinajstić information content (AvgIpc) is 3.94. The molecule has 1 atom stereocenters. The zero-order valence-electron chi connectivity index (χ0n) is 30.5. The highest BCUT2D eigenvalue weighted by atomic mass is 16.3. The van der Waals surface area contributed by atoms with Gasteiger partial charge in [-0.2, -0.15) is 0 Å². The lowest BCUT2D eigenvalue weighted by Crippen LogP contribution is -2.35. The van der Waals surface area contributed by atoms with Crippen LogP contribution in [-0.4, -0.2) is 6.04 Å². The molecule has 2 aliphatic rings. The summed E-state index contributed by atoms with van der Waals surface area (Å²) in [4.78, 5) is 2.58. The molecule has 0 fully saturated rings. The van der Waals surface area contributed by atoms with Crippen LogP contribution in [0.2, 0.25) is 0 Å². The van der Waals surface area contributed by atoms with E-state index in [2.05, 4.69) is 163 Å². The molecule has 0 aliphatic heterocycles. The Morgan fingerprint density at radius 2 is 1.21 bits per heavy atom. The molecule has 4 nitrogen and oxygen atoms in total. The highest BCUT2D eigenvalue weighted by Gasteiger charge is 2.28. The molecule has 3 aromatic heterocycles. The van der Waals surface area contributed by atoms with E-state index in [4.69, 9.17) is 13.3 Å². The van der Waals surface area contributed by atoms with Gasteiger partial charge in [0.15, 0.2) is 0 Å². The molecule has 0 N–H and O–H groups in total. The molecule has 0 bridgehead atoms. The summed E-state index contributed by atoms with van der Waals surface area (Å²) in [6.07, 6.45) is 14.4. The number of allylic oxidation sites excluding steroid dienone is 6. The van der Waals surface area contributed by atoms with Crippen LogP contribution in [0.25, 0.3) is 87.7 Å². The summed E-state index contributed by atoms with van der Waals surface area (Å²) >= 11 is 0. The molecule has 2 aliphatic carbocycles. The van der Waals surface area contributed by atoms with Crippen molar-refractivity contribution in [3.63, 3.8) is 0 Å². The van der Waals surface area contributed by atoms with Gasteiger partial charge in [-0.15, -0.1) is 0 Å². The van der Waals surface area contributed by atoms with Crippen LogP contribution in [0.15, 0.2) is 189 Å². The van der Waals surface area contributed by atoms with Crippen molar-refractivity contribution >= 4 is 93.4 Å². The number of fused-ring (bicyclic) bond motifs is 10. The highest BCUT2D eigenvalue weighted by molar-refractivity contribution is 6.14. The first-order chi connectivity index (χ1) is 27.7. The fraction of sp³-hybridized carbons (Fsp3) is 0.0769. The Morgan fingerprint density at radius 3 is 2.09 bits per heavy atom. The van der Waals surface area contributed by atoms with E-state index in [9.17, 15) is 0 Å². The normalized spacial score (nSPS) is 16.1. The Labute approximate surface area is 322 Å². The van der Waals surface area contributed by atoms with Crippen LogP contribution >= 0.6 is 0 Å². The lowest BCUT2D eigenvalue weighted by atomic mass is 9.90. The monoisotopic (exact) mass is 721 g/mol. The second-order valence-electron chi connectivity index (χ2n) is 15.0. The Hall–Kier alpha value is -7.04. The first-order valence-electron chi connectivity index (χ1n) is 19.5. The summed E-state index contributed by atoms with van der Waals surface area (Å²) in [5.41, 5.74) is 12.6. The second-order valence-corrected chi connectivity index (χ2v) is 15.0. The largest absolute Gasteiger partial charge is 0.456 e. The summed E-state index contributed by atoms with van der Waals surface area (Å²) in [6, 6.07) is 49.4. The van der Waals surface area contributed by atoms with Crippen LogP contribution in [0.5, 0.6) is 0 Å². The average molecular weight is 722 g/mol. The Balaban J connectivity index is 1.03. The molecular formula is C52H35NO3. The third kappa shape index (κ3) is 4.79. The molecule has 0 saturated carbocycles. The summed E-state index contributed by atoms with van der Waals surface area (Å²) < 4.78 is 19.4. The quantitative estimate of drug-likeness (QED) is 0.177. The van der Waals surface area contributed by atoms with Crippen LogP contribution in [0, 0.1) is 0 Å². The number of rotatable bonds is 5. The molecule has 0 spiro atoms. The maximum atomic E-state index is 6.81. The zero-order chi connectivity index (χ0) is 36.7. The number of hydrogen-bond donors (Lipinski definition) is 0. The minimum absolute atomic E-state index is 0.0753. The SMILES string of the molecule is C1=CC(c2cccc3c2oc2cc4ccccc4cc23)=C(N(c2ccc3oc4ccccc4c3c2)C2C=CC(c3cccc4oc5ccccc5c34)=CC2)CC1. The Kier molecular flexibility index (Phi) is 6.85. The molecule has 0 amide bonds. The van der Waals surface area contributed by atoms with Crippen LogP contribution in [-0.2, 0) is 0 Å². The maximum absolute atomic E-state index is 6.81. The van der Waals surface area contributed by atoms with E-state index in [0.29, 0.717) is 0 Å². The molecular weight excluding hydrogens is 687 g/mol. The number of nitrogens with zero attached hydrogens (tertiary/aromatic N) is 1.